The Labute approximate surface area is 59.1 Å². The fourth-order valence-corrected chi connectivity index (χ4v) is 0.774. The molecule has 0 aromatic rings. The molecule has 1 aliphatic rings. The minimum atomic E-state index is -0.750. The Kier molecular flexibility index (Phi) is 2.15. The van der Waals surface area contributed by atoms with Crippen LogP contribution in [-0.4, -0.2) is 29.2 Å². The predicted octanol–water partition coefficient (Wildman–Crippen LogP) is -0.205. The van der Waals surface area contributed by atoms with E-state index in [0.717, 1.165) is 6.67 Å². The summed E-state index contributed by atoms with van der Waals surface area (Å²) >= 11 is 0. The second-order valence-corrected chi connectivity index (χ2v) is 2.13. The van der Waals surface area contributed by atoms with Crippen LogP contribution in [0.4, 0.5) is 0 Å². The smallest absolute Gasteiger partial charge is 0.305 e. The molecule has 2 N–H and O–H groups in total. The summed E-state index contributed by atoms with van der Waals surface area (Å²) in [6, 6.07) is 0. The molecule has 56 valence electrons. The molecule has 0 fully saturated rings. The number of rotatable bonds is 3. The summed E-state index contributed by atoms with van der Waals surface area (Å²) < 4.78 is 0. The lowest BCUT2D eigenvalue weighted by Gasteiger charge is -2.11. The van der Waals surface area contributed by atoms with Gasteiger partial charge in [-0.15, -0.1) is 0 Å². The fraction of sp³-hybridized carbons (Fsp3) is 0.500. The highest BCUT2D eigenvalue weighted by Gasteiger charge is 2.04. The lowest BCUT2D eigenvalue weighted by molar-refractivity contribution is -0.137. The van der Waals surface area contributed by atoms with Crippen molar-refractivity contribution in [1.82, 2.24) is 10.2 Å². The number of carbonyl (C=O) groups is 1. The van der Waals surface area contributed by atoms with Crippen molar-refractivity contribution in [1.29, 1.82) is 0 Å². The van der Waals surface area contributed by atoms with E-state index in [2.05, 4.69) is 5.32 Å². The van der Waals surface area contributed by atoms with Gasteiger partial charge in [0, 0.05) is 18.9 Å². The van der Waals surface area contributed by atoms with Gasteiger partial charge in [0.1, 0.15) is 0 Å². The topological polar surface area (TPSA) is 52.6 Å². The van der Waals surface area contributed by atoms with E-state index < -0.39 is 5.97 Å². The van der Waals surface area contributed by atoms with Gasteiger partial charge in [0.05, 0.1) is 13.1 Å². The third-order valence-corrected chi connectivity index (χ3v) is 1.31. The van der Waals surface area contributed by atoms with Crippen LogP contribution in [0.3, 0.4) is 0 Å². The SMILES string of the molecule is O=C(O)CCN1C=CNC1. The van der Waals surface area contributed by atoms with Crippen molar-refractivity contribution in [3.63, 3.8) is 0 Å². The van der Waals surface area contributed by atoms with Gasteiger partial charge in [0.25, 0.3) is 0 Å². The molecule has 0 saturated carbocycles. The van der Waals surface area contributed by atoms with Gasteiger partial charge in [-0.05, 0) is 0 Å². The first kappa shape index (κ1) is 6.92. The molecule has 0 aliphatic carbocycles. The first-order valence-electron chi connectivity index (χ1n) is 3.15. The van der Waals surface area contributed by atoms with Gasteiger partial charge in [0.15, 0.2) is 0 Å². The van der Waals surface area contributed by atoms with Gasteiger partial charge >= 0.3 is 5.97 Å². The van der Waals surface area contributed by atoms with E-state index in [1.165, 1.54) is 0 Å². The molecule has 0 aromatic carbocycles. The maximum atomic E-state index is 10.1. The normalized spacial score (nSPS) is 15.4. The molecule has 0 spiro atoms. The highest BCUT2D eigenvalue weighted by molar-refractivity contribution is 5.66. The quantitative estimate of drug-likeness (QED) is 0.572. The van der Waals surface area contributed by atoms with Crippen LogP contribution in [-0.2, 0) is 4.79 Å². The van der Waals surface area contributed by atoms with Gasteiger partial charge in [-0.25, -0.2) is 0 Å². The van der Waals surface area contributed by atoms with Crippen LogP contribution in [0, 0.1) is 0 Å². The number of carboxylic acid groups (broad SMARTS) is 1. The summed E-state index contributed by atoms with van der Waals surface area (Å²) in [5.74, 6) is -0.750. The molecule has 0 unspecified atom stereocenters. The summed E-state index contributed by atoms with van der Waals surface area (Å²) in [5, 5.41) is 11.3. The van der Waals surface area contributed by atoms with E-state index in [1.54, 1.807) is 0 Å². The van der Waals surface area contributed by atoms with E-state index in [0.29, 0.717) is 6.54 Å². The molecule has 0 bridgehead atoms. The molecule has 0 aromatic heterocycles. The van der Waals surface area contributed by atoms with Crippen LogP contribution in [0.5, 0.6) is 0 Å². The van der Waals surface area contributed by atoms with Crippen LogP contribution >= 0.6 is 0 Å². The Bertz CT molecular complexity index is 156. The molecule has 1 aliphatic heterocycles. The Morgan fingerprint density at radius 3 is 3.10 bits per heavy atom. The molecule has 1 heterocycles. The van der Waals surface area contributed by atoms with Crippen molar-refractivity contribution in [2.24, 2.45) is 0 Å². The summed E-state index contributed by atoms with van der Waals surface area (Å²) in [6.07, 6.45) is 3.86. The zero-order chi connectivity index (χ0) is 7.40. The van der Waals surface area contributed by atoms with Gasteiger partial charge < -0.3 is 15.3 Å². The van der Waals surface area contributed by atoms with E-state index in [1.807, 2.05) is 17.3 Å². The Morgan fingerprint density at radius 1 is 1.80 bits per heavy atom. The average molecular weight is 142 g/mol. The van der Waals surface area contributed by atoms with Crippen molar-refractivity contribution in [2.45, 2.75) is 6.42 Å². The molecule has 4 nitrogen and oxygen atoms in total. The van der Waals surface area contributed by atoms with Gasteiger partial charge in [0.2, 0.25) is 0 Å². The van der Waals surface area contributed by atoms with Crippen LogP contribution in [0.2, 0.25) is 0 Å². The highest BCUT2D eigenvalue weighted by atomic mass is 16.4. The minimum Gasteiger partial charge on any atom is -0.481 e. The molecule has 10 heavy (non-hydrogen) atoms. The lowest BCUT2D eigenvalue weighted by atomic mass is 10.4. The highest BCUT2D eigenvalue weighted by Crippen LogP contribution is 1.95. The van der Waals surface area contributed by atoms with Crippen molar-refractivity contribution >= 4 is 5.97 Å². The van der Waals surface area contributed by atoms with Crippen molar-refractivity contribution < 1.29 is 9.90 Å². The number of hydrogen-bond donors (Lipinski definition) is 2. The number of nitrogens with one attached hydrogen (secondary N) is 1. The molecular weight excluding hydrogens is 132 g/mol. The molecular formula is C6H10N2O2. The lowest BCUT2D eigenvalue weighted by Crippen LogP contribution is -2.23. The number of nitrogens with zero attached hydrogens (tertiary/aromatic N) is 1. The number of aliphatic carboxylic acids is 1. The summed E-state index contributed by atoms with van der Waals surface area (Å²) in [6.45, 7) is 1.31. The first-order chi connectivity index (χ1) is 4.79. The molecule has 1 rings (SSSR count). The molecule has 0 radical (unpaired) electrons. The van der Waals surface area contributed by atoms with Crippen LogP contribution in [0.25, 0.3) is 0 Å². The van der Waals surface area contributed by atoms with Crippen LogP contribution < -0.4 is 5.32 Å². The van der Waals surface area contributed by atoms with Gasteiger partial charge in [-0.2, -0.15) is 0 Å². The molecule has 4 heteroatoms. The third-order valence-electron chi connectivity index (χ3n) is 1.31. The standard InChI is InChI=1S/C6H10N2O2/c9-6(10)1-3-8-4-2-7-5-8/h2,4,7H,1,3,5H2,(H,9,10). The third kappa shape index (κ3) is 1.97. The molecule has 0 saturated heterocycles. The number of carboxylic acids is 1. The van der Waals surface area contributed by atoms with Crippen molar-refractivity contribution in [3.05, 3.63) is 12.4 Å². The van der Waals surface area contributed by atoms with E-state index in [4.69, 9.17) is 5.11 Å². The zero-order valence-electron chi connectivity index (χ0n) is 5.58. The summed E-state index contributed by atoms with van der Waals surface area (Å²) in [7, 11) is 0. The predicted molar refractivity (Wildman–Crippen MR) is 36.1 cm³/mol. The molecule has 0 atom stereocenters. The van der Waals surface area contributed by atoms with Gasteiger partial charge in [-0.3, -0.25) is 4.79 Å². The fourth-order valence-electron chi connectivity index (χ4n) is 0.774. The first-order valence-corrected chi connectivity index (χ1v) is 3.15. The van der Waals surface area contributed by atoms with E-state index in [9.17, 15) is 4.79 Å². The Balaban J connectivity index is 2.13. The van der Waals surface area contributed by atoms with Crippen LogP contribution in [0.1, 0.15) is 6.42 Å². The Morgan fingerprint density at radius 2 is 2.60 bits per heavy atom. The largest absolute Gasteiger partial charge is 0.481 e. The van der Waals surface area contributed by atoms with Crippen molar-refractivity contribution in [3.8, 4) is 0 Å². The second kappa shape index (κ2) is 3.10. The summed E-state index contributed by atoms with van der Waals surface area (Å²) in [4.78, 5) is 12.0. The monoisotopic (exact) mass is 142 g/mol. The van der Waals surface area contributed by atoms with Crippen molar-refractivity contribution in [2.75, 3.05) is 13.2 Å². The second-order valence-electron chi connectivity index (χ2n) is 2.13. The molecule has 0 amide bonds. The van der Waals surface area contributed by atoms with E-state index >= 15 is 0 Å². The maximum absolute atomic E-state index is 10.1. The van der Waals surface area contributed by atoms with Gasteiger partial charge in [-0.1, -0.05) is 0 Å². The van der Waals surface area contributed by atoms with E-state index in [-0.39, 0.29) is 6.42 Å². The Hall–Kier alpha value is -1.19. The maximum Gasteiger partial charge on any atom is 0.305 e. The summed E-state index contributed by atoms with van der Waals surface area (Å²) in [5.41, 5.74) is 0. The minimum absolute atomic E-state index is 0.200. The number of hydrogen-bond acceptors (Lipinski definition) is 3. The average Bonchev–Trinajstić information content (AvgIpc) is 2.34. The zero-order valence-corrected chi connectivity index (χ0v) is 5.58. The van der Waals surface area contributed by atoms with Crippen LogP contribution in [0.15, 0.2) is 12.4 Å².